The Balaban J connectivity index is 1.51. The van der Waals surface area contributed by atoms with Crippen LogP contribution in [-0.4, -0.2) is 28.7 Å². The van der Waals surface area contributed by atoms with Crippen LogP contribution in [0.5, 0.6) is 0 Å². The van der Waals surface area contributed by atoms with Gasteiger partial charge in [0.1, 0.15) is 0 Å². The highest BCUT2D eigenvalue weighted by atomic mass is 32.1. The Morgan fingerprint density at radius 2 is 1.83 bits per heavy atom. The van der Waals surface area contributed by atoms with Gasteiger partial charge in [-0.3, -0.25) is 19.4 Å². The number of pyridine rings is 1. The van der Waals surface area contributed by atoms with Gasteiger partial charge in [0.25, 0.3) is 11.8 Å². The number of rotatable bonds is 6. The number of thiophene rings is 1. The Bertz CT molecular complexity index is 1150. The van der Waals surface area contributed by atoms with Gasteiger partial charge in [-0.2, -0.15) is 0 Å². The van der Waals surface area contributed by atoms with Gasteiger partial charge in [0.15, 0.2) is 0 Å². The number of carbonyl (C=O) groups excluding carboxylic acids is 3. The zero-order chi connectivity index (χ0) is 21.3. The lowest BCUT2D eigenvalue weighted by molar-refractivity contribution is 0.0948. The zero-order valence-electron chi connectivity index (χ0n) is 16.3. The first-order valence-electron chi connectivity index (χ1n) is 9.48. The molecule has 0 unspecified atom stereocenters. The van der Waals surface area contributed by atoms with E-state index in [1.165, 1.54) is 17.5 Å². The molecule has 0 atom stereocenters. The summed E-state index contributed by atoms with van der Waals surface area (Å²) >= 11 is 1.28. The van der Waals surface area contributed by atoms with Crippen molar-refractivity contribution in [2.45, 2.75) is 25.8 Å². The molecular weight excluding hydrogens is 400 g/mol. The molecule has 1 saturated carbocycles. The molecule has 3 aromatic rings. The van der Waals surface area contributed by atoms with Crippen molar-refractivity contribution in [2.75, 3.05) is 5.32 Å². The van der Waals surface area contributed by atoms with Crippen molar-refractivity contribution in [1.29, 1.82) is 0 Å². The molecule has 0 spiro atoms. The molecule has 1 aliphatic carbocycles. The van der Waals surface area contributed by atoms with E-state index in [1.807, 2.05) is 13.0 Å². The molecule has 4 rings (SSSR count). The van der Waals surface area contributed by atoms with Gasteiger partial charge < -0.3 is 16.4 Å². The predicted molar refractivity (Wildman–Crippen MR) is 116 cm³/mol. The number of nitrogens with two attached hydrogens (primary N) is 1. The molecule has 3 amide bonds. The van der Waals surface area contributed by atoms with Crippen LogP contribution < -0.4 is 16.4 Å². The molecule has 1 fully saturated rings. The standard InChI is InChI=1S/C22H20N4O3S/c1-12-2-3-13(21(28)25-16-4-5-16)9-17(12)26-22(29)19-7-6-18(30-19)14-8-15(20(23)27)11-24-10-14/h2-3,6-11,16H,4-5H2,1H3,(H2,23,27)(H,25,28)(H,26,29). The lowest BCUT2D eigenvalue weighted by Gasteiger charge is -2.10. The van der Waals surface area contributed by atoms with E-state index in [0.29, 0.717) is 27.3 Å². The lowest BCUT2D eigenvalue weighted by Crippen LogP contribution is -2.25. The van der Waals surface area contributed by atoms with Crippen molar-refractivity contribution in [3.05, 3.63) is 70.4 Å². The number of nitrogens with zero attached hydrogens (tertiary/aromatic N) is 1. The topological polar surface area (TPSA) is 114 Å². The maximum absolute atomic E-state index is 12.8. The summed E-state index contributed by atoms with van der Waals surface area (Å²) in [5, 5.41) is 5.83. The largest absolute Gasteiger partial charge is 0.366 e. The van der Waals surface area contributed by atoms with Crippen LogP contribution in [0.25, 0.3) is 10.4 Å². The van der Waals surface area contributed by atoms with Crippen molar-refractivity contribution in [3.8, 4) is 10.4 Å². The molecule has 152 valence electrons. The molecule has 0 bridgehead atoms. The Kier molecular flexibility index (Phi) is 5.33. The summed E-state index contributed by atoms with van der Waals surface area (Å²) in [4.78, 5) is 41.7. The van der Waals surface area contributed by atoms with Gasteiger partial charge in [-0.25, -0.2) is 0 Å². The Morgan fingerprint density at radius 1 is 1.03 bits per heavy atom. The number of amides is 3. The molecule has 0 radical (unpaired) electrons. The van der Waals surface area contributed by atoms with Crippen LogP contribution in [0.2, 0.25) is 0 Å². The number of nitrogens with one attached hydrogen (secondary N) is 2. The maximum atomic E-state index is 12.8. The van der Waals surface area contributed by atoms with E-state index in [-0.39, 0.29) is 17.9 Å². The van der Waals surface area contributed by atoms with Crippen LogP contribution in [0.15, 0.2) is 48.8 Å². The minimum Gasteiger partial charge on any atom is -0.366 e. The van der Waals surface area contributed by atoms with Gasteiger partial charge in [-0.15, -0.1) is 11.3 Å². The van der Waals surface area contributed by atoms with E-state index >= 15 is 0 Å². The number of carbonyl (C=O) groups is 3. The second kappa shape index (κ2) is 8.08. The summed E-state index contributed by atoms with van der Waals surface area (Å²) in [7, 11) is 0. The van der Waals surface area contributed by atoms with Crippen molar-refractivity contribution in [2.24, 2.45) is 5.73 Å². The minimum absolute atomic E-state index is 0.131. The molecule has 2 heterocycles. The normalized spacial score (nSPS) is 13.0. The molecule has 8 heteroatoms. The van der Waals surface area contributed by atoms with Crippen molar-refractivity contribution < 1.29 is 14.4 Å². The van der Waals surface area contributed by atoms with Crippen LogP contribution in [0.1, 0.15) is 48.8 Å². The third-order valence-electron chi connectivity index (χ3n) is 4.80. The molecule has 0 aliphatic heterocycles. The Hall–Kier alpha value is -3.52. The first-order chi connectivity index (χ1) is 14.4. The molecule has 2 aromatic heterocycles. The van der Waals surface area contributed by atoms with Gasteiger partial charge in [-0.05, 0) is 55.7 Å². The van der Waals surface area contributed by atoms with Crippen molar-refractivity contribution in [3.63, 3.8) is 0 Å². The van der Waals surface area contributed by atoms with Gasteiger partial charge in [0.2, 0.25) is 5.91 Å². The summed E-state index contributed by atoms with van der Waals surface area (Å²) in [5.41, 5.74) is 8.31. The van der Waals surface area contributed by atoms with E-state index in [0.717, 1.165) is 23.3 Å². The molecular formula is C22H20N4O3S. The molecule has 4 N–H and O–H groups in total. The fraction of sp³-hybridized carbons (Fsp3) is 0.182. The van der Waals surface area contributed by atoms with Crippen LogP contribution in [-0.2, 0) is 0 Å². The summed E-state index contributed by atoms with van der Waals surface area (Å²) in [6.45, 7) is 1.87. The molecule has 1 aliphatic rings. The third-order valence-corrected chi connectivity index (χ3v) is 5.93. The molecule has 30 heavy (non-hydrogen) atoms. The quantitative estimate of drug-likeness (QED) is 0.567. The van der Waals surface area contributed by atoms with Crippen LogP contribution in [0.4, 0.5) is 5.69 Å². The van der Waals surface area contributed by atoms with Crippen LogP contribution in [0, 0.1) is 6.92 Å². The fourth-order valence-electron chi connectivity index (χ4n) is 2.90. The number of anilines is 1. The predicted octanol–water partition coefficient (Wildman–Crippen LogP) is 3.36. The number of aryl methyl sites for hydroxylation is 1. The molecule has 7 nitrogen and oxygen atoms in total. The highest BCUT2D eigenvalue weighted by Gasteiger charge is 2.24. The first-order valence-corrected chi connectivity index (χ1v) is 10.3. The highest BCUT2D eigenvalue weighted by Crippen LogP contribution is 2.29. The van der Waals surface area contributed by atoms with Gasteiger partial charge in [0.05, 0.1) is 10.4 Å². The van der Waals surface area contributed by atoms with E-state index in [4.69, 9.17) is 5.73 Å². The monoisotopic (exact) mass is 420 g/mol. The first kappa shape index (κ1) is 19.8. The van der Waals surface area contributed by atoms with E-state index in [2.05, 4.69) is 15.6 Å². The van der Waals surface area contributed by atoms with E-state index in [9.17, 15) is 14.4 Å². The number of benzene rings is 1. The zero-order valence-corrected chi connectivity index (χ0v) is 17.1. The molecule has 0 saturated heterocycles. The van der Waals surface area contributed by atoms with Gasteiger partial charge in [0, 0.05) is 40.1 Å². The van der Waals surface area contributed by atoms with E-state index in [1.54, 1.807) is 36.5 Å². The van der Waals surface area contributed by atoms with Gasteiger partial charge >= 0.3 is 0 Å². The van der Waals surface area contributed by atoms with Crippen molar-refractivity contribution >= 4 is 34.7 Å². The minimum atomic E-state index is -0.556. The lowest BCUT2D eigenvalue weighted by atomic mass is 10.1. The third kappa shape index (κ3) is 4.38. The average molecular weight is 420 g/mol. The smallest absolute Gasteiger partial charge is 0.265 e. The Morgan fingerprint density at radius 3 is 2.57 bits per heavy atom. The average Bonchev–Trinajstić information content (AvgIpc) is 3.40. The van der Waals surface area contributed by atoms with Crippen LogP contribution in [0.3, 0.4) is 0 Å². The second-order valence-corrected chi connectivity index (χ2v) is 8.31. The summed E-state index contributed by atoms with van der Waals surface area (Å²) in [6, 6.07) is 10.7. The summed E-state index contributed by atoms with van der Waals surface area (Å²) < 4.78 is 0. The van der Waals surface area contributed by atoms with Gasteiger partial charge in [-0.1, -0.05) is 6.07 Å². The fourth-order valence-corrected chi connectivity index (χ4v) is 3.79. The number of aromatic nitrogens is 1. The van der Waals surface area contributed by atoms with Crippen molar-refractivity contribution in [1.82, 2.24) is 10.3 Å². The molecule has 1 aromatic carbocycles. The Labute approximate surface area is 177 Å². The number of hydrogen-bond donors (Lipinski definition) is 3. The maximum Gasteiger partial charge on any atom is 0.265 e. The second-order valence-electron chi connectivity index (χ2n) is 7.22. The van der Waals surface area contributed by atoms with Crippen LogP contribution >= 0.6 is 11.3 Å². The van der Waals surface area contributed by atoms with E-state index < -0.39 is 5.91 Å². The summed E-state index contributed by atoms with van der Waals surface area (Å²) in [5.74, 6) is -0.957. The highest BCUT2D eigenvalue weighted by molar-refractivity contribution is 7.17. The number of primary amides is 1. The summed E-state index contributed by atoms with van der Waals surface area (Å²) in [6.07, 6.45) is 5.05. The number of hydrogen-bond acceptors (Lipinski definition) is 5. The SMILES string of the molecule is Cc1ccc(C(=O)NC2CC2)cc1NC(=O)c1ccc(-c2cncc(C(N)=O)c2)s1.